The summed E-state index contributed by atoms with van der Waals surface area (Å²) in [5, 5.41) is 6.93. The number of nitrogens with one attached hydrogen (secondary N) is 1. The quantitative estimate of drug-likeness (QED) is 0.874. The predicted octanol–water partition coefficient (Wildman–Crippen LogP) is 1.73. The van der Waals surface area contributed by atoms with Crippen molar-refractivity contribution in [2.75, 3.05) is 0 Å². The molecule has 0 saturated heterocycles. The second kappa shape index (κ2) is 4.86. The van der Waals surface area contributed by atoms with E-state index in [1.807, 2.05) is 19.9 Å². The molecule has 0 unspecified atom stereocenters. The molecule has 1 N–H and O–H groups in total. The predicted molar refractivity (Wildman–Crippen MR) is 62.5 cm³/mol. The Morgan fingerprint density at radius 1 is 1.59 bits per heavy atom. The molecule has 0 aliphatic rings. The Kier molecular flexibility index (Phi) is 3.27. The van der Waals surface area contributed by atoms with Gasteiger partial charge in [0.25, 0.3) is 5.91 Å². The van der Waals surface area contributed by atoms with Crippen LogP contribution < -0.4 is 5.32 Å². The van der Waals surface area contributed by atoms with Crippen LogP contribution >= 0.6 is 0 Å². The summed E-state index contributed by atoms with van der Waals surface area (Å²) in [6.45, 7) is 5.03. The van der Waals surface area contributed by atoms with Gasteiger partial charge in [0.15, 0.2) is 0 Å². The topological polar surface area (TPSA) is 60.1 Å². The molecule has 17 heavy (non-hydrogen) atoms. The average molecular weight is 233 g/mol. The summed E-state index contributed by atoms with van der Waals surface area (Å²) >= 11 is 0. The van der Waals surface area contributed by atoms with E-state index in [-0.39, 0.29) is 5.91 Å². The highest BCUT2D eigenvalue weighted by molar-refractivity contribution is 5.94. The summed E-state index contributed by atoms with van der Waals surface area (Å²) in [7, 11) is 0. The normalized spacial score (nSPS) is 10.5. The van der Waals surface area contributed by atoms with Gasteiger partial charge in [-0.15, -0.1) is 0 Å². The summed E-state index contributed by atoms with van der Waals surface area (Å²) in [6.07, 6.45) is 3.18. The third kappa shape index (κ3) is 2.38. The molecule has 2 heterocycles. The molecule has 0 bridgehead atoms. The molecule has 0 atom stereocenters. The first-order valence-corrected chi connectivity index (χ1v) is 5.55. The molecule has 0 saturated carbocycles. The van der Waals surface area contributed by atoms with Crippen LogP contribution in [0.15, 0.2) is 29.0 Å². The number of hydrogen-bond acceptors (Lipinski definition) is 3. The number of rotatable bonds is 4. The van der Waals surface area contributed by atoms with Gasteiger partial charge < -0.3 is 9.73 Å². The van der Waals surface area contributed by atoms with E-state index in [4.69, 9.17) is 4.42 Å². The second-order valence-electron chi connectivity index (χ2n) is 3.72. The van der Waals surface area contributed by atoms with Crippen molar-refractivity contribution in [1.29, 1.82) is 0 Å². The zero-order chi connectivity index (χ0) is 12.3. The molecule has 0 aromatic carbocycles. The molecule has 5 nitrogen and oxygen atoms in total. The van der Waals surface area contributed by atoms with Crippen molar-refractivity contribution in [3.63, 3.8) is 0 Å². The van der Waals surface area contributed by atoms with Crippen molar-refractivity contribution in [1.82, 2.24) is 15.1 Å². The molecule has 2 rings (SSSR count). The van der Waals surface area contributed by atoms with Crippen molar-refractivity contribution in [2.24, 2.45) is 0 Å². The molecule has 0 spiro atoms. The fourth-order valence-corrected chi connectivity index (χ4v) is 1.66. The zero-order valence-corrected chi connectivity index (χ0v) is 9.93. The average Bonchev–Trinajstić information content (AvgIpc) is 2.95. The van der Waals surface area contributed by atoms with Crippen molar-refractivity contribution < 1.29 is 9.21 Å². The summed E-state index contributed by atoms with van der Waals surface area (Å²) in [4.78, 5) is 11.9. The number of furan rings is 1. The third-order valence-corrected chi connectivity index (χ3v) is 2.65. The van der Waals surface area contributed by atoms with Crippen LogP contribution in [0, 0.1) is 6.92 Å². The summed E-state index contributed by atoms with van der Waals surface area (Å²) in [6, 6.07) is 3.62. The SMILES string of the molecule is CCn1ncc(C(=O)NCc2ccco2)c1C. The van der Waals surface area contributed by atoms with Gasteiger partial charge in [0.2, 0.25) is 0 Å². The summed E-state index contributed by atoms with van der Waals surface area (Å²) in [5.41, 5.74) is 1.49. The van der Waals surface area contributed by atoms with Crippen molar-refractivity contribution in [3.8, 4) is 0 Å². The highest BCUT2D eigenvalue weighted by atomic mass is 16.3. The molecule has 1 amide bonds. The van der Waals surface area contributed by atoms with Crippen molar-refractivity contribution in [2.45, 2.75) is 26.9 Å². The van der Waals surface area contributed by atoms with Crippen LogP contribution in [0.1, 0.15) is 28.7 Å². The van der Waals surface area contributed by atoms with E-state index in [2.05, 4.69) is 10.4 Å². The minimum absolute atomic E-state index is 0.126. The van der Waals surface area contributed by atoms with E-state index in [9.17, 15) is 4.79 Å². The van der Waals surface area contributed by atoms with Crippen LogP contribution in [0.4, 0.5) is 0 Å². The number of carbonyl (C=O) groups is 1. The summed E-state index contributed by atoms with van der Waals surface area (Å²) < 4.78 is 6.93. The molecule has 0 aliphatic heterocycles. The molecular formula is C12H15N3O2. The van der Waals surface area contributed by atoms with Gasteiger partial charge >= 0.3 is 0 Å². The van der Waals surface area contributed by atoms with Gasteiger partial charge in [0.05, 0.1) is 24.6 Å². The first kappa shape index (κ1) is 11.4. The lowest BCUT2D eigenvalue weighted by atomic mass is 10.2. The molecule has 0 radical (unpaired) electrons. The Balaban J connectivity index is 2.02. The van der Waals surface area contributed by atoms with E-state index < -0.39 is 0 Å². The molecule has 90 valence electrons. The van der Waals surface area contributed by atoms with Crippen LogP contribution in [0.25, 0.3) is 0 Å². The van der Waals surface area contributed by atoms with Gasteiger partial charge in [-0.05, 0) is 26.0 Å². The van der Waals surface area contributed by atoms with Gasteiger partial charge in [0, 0.05) is 12.2 Å². The van der Waals surface area contributed by atoms with Gasteiger partial charge in [-0.1, -0.05) is 0 Å². The first-order valence-electron chi connectivity index (χ1n) is 5.55. The number of amides is 1. The van der Waals surface area contributed by atoms with Gasteiger partial charge in [-0.25, -0.2) is 0 Å². The van der Waals surface area contributed by atoms with E-state index in [0.29, 0.717) is 12.1 Å². The Morgan fingerprint density at radius 2 is 2.41 bits per heavy atom. The van der Waals surface area contributed by atoms with Gasteiger partial charge in [0.1, 0.15) is 5.76 Å². The highest BCUT2D eigenvalue weighted by Crippen LogP contribution is 2.07. The van der Waals surface area contributed by atoms with Crippen LogP contribution in [0.2, 0.25) is 0 Å². The Morgan fingerprint density at radius 3 is 3.00 bits per heavy atom. The largest absolute Gasteiger partial charge is 0.467 e. The molecular weight excluding hydrogens is 218 g/mol. The second-order valence-corrected chi connectivity index (χ2v) is 3.72. The lowest BCUT2D eigenvalue weighted by Gasteiger charge is -2.03. The molecule has 2 aromatic rings. The number of carbonyl (C=O) groups excluding carboxylic acids is 1. The van der Waals surface area contributed by atoms with Gasteiger partial charge in [-0.2, -0.15) is 5.10 Å². The number of nitrogens with zero attached hydrogens (tertiary/aromatic N) is 2. The van der Waals surface area contributed by atoms with Crippen molar-refractivity contribution >= 4 is 5.91 Å². The van der Waals surface area contributed by atoms with E-state index in [1.165, 1.54) is 0 Å². The monoisotopic (exact) mass is 233 g/mol. The zero-order valence-electron chi connectivity index (χ0n) is 9.93. The van der Waals surface area contributed by atoms with Crippen LogP contribution in [0.3, 0.4) is 0 Å². The number of hydrogen-bond donors (Lipinski definition) is 1. The maximum atomic E-state index is 11.9. The maximum Gasteiger partial charge on any atom is 0.255 e. The third-order valence-electron chi connectivity index (χ3n) is 2.65. The minimum atomic E-state index is -0.126. The van der Waals surface area contributed by atoms with E-state index in [0.717, 1.165) is 18.0 Å². The van der Waals surface area contributed by atoms with E-state index >= 15 is 0 Å². The standard InChI is InChI=1S/C12H15N3O2/c1-3-15-9(2)11(8-14-15)12(16)13-7-10-5-4-6-17-10/h4-6,8H,3,7H2,1-2H3,(H,13,16). The molecule has 5 heteroatoms. The highest BCUT2D eigenvalue weighted by Gasteiger charge is 2.13. The van der Waals surface area contributed by atoms with E-state index in [1.54, 1.807) is 23.2 Å². The number of aromatic nitrogens is 2. The molecule has 2 aromatic heterocycles. The lowest BCUT2D eigenvalue weighted by molar-refractivity contribution is 0.0947. The Labute approximate surface area is 99.4 Å². The smallest absolute Gasteiger partial charge is 0.255 e. The molecule has 0 fully saturated rings. The first-order chi connectivity index (χ1) is 8.22. The fraction of sp³-hybridized carbons (Fsp3) is 0.333. The molecule has 0 aliphatic carbocycles. The van der Waals surface area contributed by atoms with Crippen LogP contribution in [-0.2, 0) is 13.1 Å². The fourth-order valence-electron chi connectivity index (χ4n) is 1.66. The Bertz CT molecular complexity index is 500. The summed E-state index contributed by atoms with van der Waals surface area (Å²) in [5.74, 6) is 0.609. The Hall–Kier alpha value is -2.04. The van der Waals surface area contributed by atoms with Crippen LogP contribution in [0.5, 0.6) is 0 Å². The maximum absolute atomic E-state index is 11.9. The minimum Gasteiger partial charge on any atom is -0.467 e. The van der Waals surface area contributed by atoms with Gasteiger partial charge in [-0.3, -0.25) is 9.48 Å². The lowest BCUT2D eigenvalue weighted by Crippen LogP contribution is -2.23. The van der Waals surface area contributed by atoms with Crippen LogP contribution in [-0.4, -0.2) is 15.7 Å². The number of aryl methyl sites for hydroxylation is 1. The van der Waals surface area contributed by atoms with Crippen molar-refractivity contribution in [3.05, 3.63) is 41.6 Å².